The van der Waals surface area contributed by atoms with Crippen molar-refractivity contribution in [3.63, 3.8) is 0 Å². The second-order valence-electron chi connectivity index (χ2n) is 14.0. The van der Waals surface area contributed by atoms with Crippen molar-refractivity contribution in [3.05, 3.63) is 187 Å². The fourth-order valence-electron chi connectivity index (χ4n) is 9.04. The lowest BCUT2D eigenvalue weighted by atomic mass is 9.82. The zero-order valence-electron chi connectivity index (χ0n) is 29.0. The van der Waals surface area contributed by atoms with Gasteiger partial charge >= 0.3 is 0 Å². The minimum atomic E-state index is -0.275. The molecule has 0 radical (unpaired) electrons. The number of hydrogen-bond donors (Lipinski definition) is 0. The van der Waals surface area contributed by atoms with Crippen LogP contribution in [-0.4, -0.2) is 4.57 Å². The number of halogens is 1. The lowest BCUT2D eigenvalue weighted by Crippen LogP contribution is -1.94. The second-order valence-corrected chi connectivity index (χ2v) is 14.0. The molecule has 0 N–H and O–H groups in total. The van der Waals surface area contributed by atoms with Gasteiger partial charge in [0, 0.05) is 21.8 Å². The quantitative estimate of drug-likeness (QED) is 0.134. The number of benzene rings is 10. The van der Waals surface area contributed by atoms with Crippen LogP contribution >= 0.6 is 0 Å². The highest BCUT2D eigenvalue weighted by molar-refractivity contribution is 6.31. The molecular formula is C51H29FN2. The van der Waals surface area contributed by atoms with E-state index in [1.807, 2.05) is 24.3 Å². The van der Waals surface area contributed by atoms with Gasteiger partial charge in [0.25, 0.3) is 0 Å². The molecule has 54 heavy (non-hydrogen) atoms. The number of fused-ring (bicyclic) bond motifs is 3. The van der Waals surface area contributed by atoms with Crippen molar-refractivity contribution < 1.29 is 4.39 Å². The van der Waals surface area contributed by atoms with Gasteiger partial charge in [-0.3, -0.25) is 0 Å². The van der Waals surface area contributed by atoms with Crippen LogP contribution in [0.15, 0.2) is 176 Å². The Morgan fingerprint density at radius 3 is 1.46 bits per heavy atom. The van der Waals surface area contributed by atoms with Crippen LogP contribution in [0.4, 0.5) is 4.39 Å². The molecule has 3 heteroatoms. The summed E-state index contributed by atoms with van der Waals surface area (Å²) in [6.07, 6.45) is 0. The zero-order valence-corrected chi connectivity index (χ0v) is 29.0. The van der Waals surface area contributed by atoms with Crippen LogP contribution in [-0.2, 0) is 0 Å². The van der Waals surface area contributed by atoms with Gasteiger partial charge in [-0.2, -0.15) is 5.26 Å². The molecule has 10 aromatic carbocycles. The number of hydrogen-bond acceptors (Lipinski definition) is 1. The Balaban J connectivity index is 1.24. The first-order valence-electron chi connectivity index (χ1n) is 18.2. The summed E-state index contributed by atoms with van der Waals surface area (Å²) in [6.45, 7) is 0. The van der Waals surface area contributed by atoms with E-state index in [0.717, 1.165) is 43.8 Å². The summed E-state index contributed by atoms with van der Waals surface area (Å²) in [5.41, 5.74) is 10.7. The lowest BCUT2D eigenvalue weighted by Gasteiger charge is -2.20. The van der Waals surface area contributed by atoms with Gasteiger partial charge < -0.3 is 4.57 Å². The molecule has 0 aliphatic rings. The van der Waals surface area contributed by atoms with Gasteiger partial charge in [-0.25, -0.2) is 4.39 Å². The molecular weight excluding hydrogens is 660 g/mol. The van der Waals surface area contributed by atoms with Crippen LogP contribution in [0.2, 0.25) is 0 Å². The monoisotopic (exact) mass is 688 g/mol. The van der Waals surface area contributed by atoms with Crippen molar-refractivity contribution in [2.45, 2.75) is 0 Å². The fourth-order valence-corrected chi connectivity index (χ4v) is 9.04. The van der Waals surface area contributed by atoms with E-state index in [4.69, 9.17) is 0 Å². The minimum Gasteiger partial charge on any atom is -0.309 e. The molecule has 11 rings (SSSR count). The van der Waals surface area contributed by atoms with Crippen molar-refractivity contribution >= 4 is 64.9 Å². The highest BCUT2D eigenvalue weighted by atomic mass is 19.1. The largest absolute Gasteiger partial charge is 0.309 e. The fraction of sp³-hybridized carbons (Fsp3) is 0. The number of rotatable bonds is 4. The topological polar surface area (TPSA) is 28.7 Å². The van der Waals surface area contributed by atoms with Crippen molar-refractivity contribution in [2.24, 2.45) is 0 Å². The Morgan fingerprint density at radius 2 is 0.852 bits per heavy atom. The van der Waals surface area contributed by atoms with Gasteiger partial charge in [-0.1, -0.05) is 133 Å². The standard InChI is InChI=1S/C51H29FN2/c52-33-19-21-34(22-20-33)54-46-28-18-32(30-53)36-24-26-45-44(27-29-47(54)51(45)50(36)46)49-41-16-8-6-14-39(41)48(40-15-7-9-17-42(40)49)43-25-23-35(31-10-2-1-3-11-31)37-12-4-5-13-38(37)43/h1-29H. The number of nitrogens with zero attached hydrogens (tertiary/aromatic N) is 2. The molecule has 0 spiro atoms. The predicted molar refractivity (Wildman–Crippen MR) is 223 cm³/mol. The second kappa shape index (κ2) is 11.6. The van der Waals surface area contributed by atoms with Gasteiger partial charge in [0.1, 0.15) is 5.82 Å². The molecule has 0 amide bonds. The molecule has 0 unspecified atom stereocenters. The van der Waals surface area contributed by atoms with Crippen molar-refractivity contribution in [1.29, 1.82) is 5.26 Å². The van der Waals surface area contributed by atoms with Crippen molar-refractivity contribution in [2.75, 3.05) is 0 Å². The summed E-state index contributed by atoms with van der Waals surface area (Å²) in [4.78, 5) is 0. The van der Waals surface area contributed by atoms with E-state index in [1.165, 1.54) is 72.3 Å². The third kappa shape index (κ3) is 4.26. The molecule has 250 valence electrons. The first-order chi connectivity index (χ1) is 26.7. The van der Waals surface area contributed by atoms with E-state index in [1.54, 1.807) is 0 Å². The Kier molecular flexibility index (Phi) is 6.53. The molecule has 1 heterocycles. The van der Waals surface area contributed by atoms with Gasteiger partial charge in [-0.15, -0.1) is 0 Å². The van der Waals surface area contributed by atoms with Gasteiger partial charge in [0.05, 0.1) is 22.7 Å². The Morgan fingerprint density at radius 1 is 0.389 bits per heavy atom. The van der Waals surface area contributed by atoms with Gasteiger partial charge in [0.2, 0.25) is 0 Å². The third-order valence-electron chi connectivity index (χ3n) is 11.3. The van der Waals surface area contributed by atoms with E-state index in [9.17, 15) is 9.65 Å². The van der Waals surface area contributed by atoms with E-state index in [-0.39, 0.29) is 5.82 Å². The summed E-state index contributed by atoms with van der Waals surface area (Å²) in [7, 11) is 0. The molecule has 0 bridgehead atoms. The minimum absolute atomic E-state index is 0.275. The maximum Gasteiger partial charge on any atom is 0.123 e. The van der Waals surface area contributed by atoms with E-state index < -0.39 is 0 Å². The van der Waals surface area contributed by atoms with Crippen LogP contribution in [0.5, 0.6) is 0 Å². The highest BCUT2D eigenvalue weighted by Crippen LogP contribution is 2.49. The smallest absolute Gasteiger partial charge is 0.123 e. The Bertz CT molecular complexity index is 3270. The molecule has 0 saturated carbocycles. The maximum atomic E-state index is 14.1. The summed E-state index contributed by atoms with van der Waals surface area (Å²) < 4.78 is 16.3. The van der Waals surface area contributed by atoms with Crippen molar-refractivity contribution in [3.8, 4) is 45.1 Å². The Labute approximate surface area is 310 Å². The Hall–Kier alpha value is -7.28. The van der Waals surface area contributed by atoms with Crippen molar-refractivity contribution in [1.82, 2.24) is 4.57 Å². The van der Waals surface area contributed by atoms with Gasteiger partial charge in [-0.05, 0) is 114 Å². The molecule has 1 aromatic heterocycles. The lowest BCUT2D eigenvalue weighted by molar-refractivity contribution is 0.627. The SMILES string of the molecule is N#Cc1ccc2c3c1ccc1c(-c4c5ccccc5c(-c5ccc(-c6ccccc6)c6ccccc56)c5ccccc45)ccc(c13)n2-c1ccc(F)cc1. The first kappa shape index (κ1) is 30.4. The molecule has 0 saturated heterocycles. The summed E-state index contributed by atoms with van der Waals surface area (Å²) >= 11 is 0. The van der Waals surface area contributed by atoms with Gasteiger partial charge in [0.15, 0.2) is 0 Å². The summed E-state index contributed by atoms with van der Waals surface area (Å²) in [5, 5.41) is 21.5. The molecule has 0 fully saturated rings. The average Bonchev–Trinajstić information content (AvgIpc) is 3.57. The van der Waals surface area contributed by atoms with Crippen LogP contribution in [0, 0.1) is 17.1 Å². The van der Waals surface area contributed by atoms with E-state index in [2.05, 4.69) is 150 Å². The third-order valence-corrected chi connectivity index (χ3v) is 11.3. The van der Waals surface area contributed by atoms with Crippen LogP contribution in [0.3, 0.4) is 0 Å². The van der Waals surface area contributed by atoms with Crippen LogP contribution < -0.4 is 0 Å². The molecule has 2 nitrogen and oxygen atoms in total. The maximum absolute atomic E-state index is 14.1. The molecule has 0 aliphatic carbocycles. The first-order valence-corrected chi connectivity index (χ1v) is 18.2. The zero-order chi connectivity index (χ0) is 35.9. The van der Waals surface area contributed by atoms with Crippen LogP contribution in [0.25, 0.3) is 104 Å². The summed E-state index contributed by atoms with van der Waals surface area (Å²) in [5.74, 6) is -0.275. The molecule has 0 aliphatic heterocycles. The number of aromatic nitrogens is 1. The molecule has 11 aromatic rings. The highest BCUT2D eigenvalue weighted by Gasteiger charge is 2.24. The number of nitriles is 1. The predicted octanol–water partition coefficient (Wildman–Crippen LogP) is 13.8. The molecule has 0 atom stereocenters. The normalized spacial score (nSPS) is 11.8. The summed E-state index contributed by atoms with van der Waals surface area (Å²) in [6, 6.07) is 63.3. The average molecular weight is 689 g/mol. The van der Waals surface area contributed by atoms with E-state index in [0.29, 0.717) is 5.56 Å². The van der Waals surface area contributed by atoms with Crippen LogP contribution in [0.1, 0.15) is 5.56 Å². The van der Waals surface area contributed by atoms with E-state index >= 15 is 0 Å².